The summed E-state index contributed by atoms with van der Waals surface area (Å²) in [6.45, 7) is 0.669. The minimum Gasteiger partial charge on any atom is -0.372 e. The van der Waals surface area contributed by atoms with Gasteiger partial charge in [0.05, 0.1) is 5.69 Å². The number of carbonyl (C=O) groups excluding carboxylic acids is 2. The van der Waals surface area contributed by atoms with E-state index in [0.717, 1.165) is 18.4 Å². The van der Waals surface area contributed by atoms with Crippen LogP contribution < -0.4 is 16.0 Å². The Bertz CT molecular complexity index is 760. The Balaban J connectivity index is 1.75. The average molecular weight is 339 g/mol. The molecule has 1 atom stereocenters. The molecule has 7 heteroatoms. The topological polar surface area (TPSA) is 96.0 Å². The summed E-state index contributed by atoms with van der Waals surface area (Å²) in [4.78, 5) is 24.5. The van der Waals surface area contributed by atoms with Crippen molar-refractivity contribution in [2.24, 2.45) is 0 Å². The van der Waals surface area contributed by atoms with E-state index < -0.39 is 6.04 Å². The molecular formula is C18H21N5O2. The number of amides is 2. The first-order valence-corrected chi connectivity index (χ1v) is 8.38. The summed E-state index contributed by atoms with van der Waals surface area (Å²) >= 11 is 0. The van der Waals surface area contributed by atoms with Gasteiger partial charge in [-0.15, -0.1) is 10.2 Å². The third kappa shape index (κ3) is 4.12. The zero-order valence-electron chi connectivity index (χ0n) is 14.1. The number of anilines is 1. The summed E-state index contributed by atoms with van der Waals surface area (Å²) in [6, 6.07) is 10.3. The van der Waals surface area contributed by atoms with Gasteiger partial charge in [-0.05, 0) is 43.5 Å². The van der Waals surface area contributed by atoms with Gasteiger partial charge in [0.2, 0.25) is 5.91 Å². The highest BCUT2D eigenvalue weighted by molar-refractivity contribution is 5.98. The molecule has 1 aromatic carbocycles. The summed E-state index contributed by atoms with van der Waals surface area (Å²) < 4.78 is 0. The van der Waals surface area contributed by atoms with Gasteiger partial charge >= 0.3 is 0 Å². The van der Waals surface area contributed by atoms with Gasteiger partial charge in [0.15, 0.2) is 0 Å². The lowest BCUT2D eigenvalue weighted by molar-refractivity contribution is -0.122. The Labute approximate surface area is 146 Å². The molecule has 3 N–H and O–H groups in total. The quantitative estimate of drug-likeness (QED) is 0.786. The first kappa shape index (κ1) is 16.9. The van der Waals surface area contributed by atoms with Crippen LogP contribution in [0.3, 0.4) is 0 Å². The number of carbonyl (C=O) groups is 2. The SMILES string of the molecule is CNc1ccc(-c2cccc(C(=O)NC3CCCCNC3=O)c2)nn1. The predicted octanol–water partition coefficient (Wildman–Crippen LogP) is 1.58. The smallest absolute Gasteiger partial charge is 0.251 e. The molecule has 2 heterocycles. The van der Waals surface area contributed by atoms with Crippen molar-refractivity contribution in [1.29, 1.82) is 0 Å². The standard InChI is InChI=1S/C18H21N5O2/c1-19-16-9-8-14(22-23-16)12-5-4-6-13(11-12)17(24)21-15-7-2-3-10-20-18(15)25/h4-6,8-9,11,15H,2-3,7,10H2,1H3,(H,19,23)(H,20,25)(H,21,24). The second kappa shape index (κ2) is 7.74. The van der Waals surface area contributed by atoms with Crippen LogP contribution in [-0.4, -0.2) is 41.6 Å². The van der Waals surface area contributed by atoms with Gasteiger partial charge in [0, 0.05) is 24.7 Å². The van der Waals surface area contributed by atoms with E-state index in [0.29, 0.717) is 30.0 Å². The van der Waals surface area contributed by atoms with Crippen LogP contribution in [0.2, 0.25) is 0 Å². The fourth-order valence-electron chi connectivity index (χ4n) is 2.76. The monoisotopic (exact) mass is 339 g/mol. The van der Waals surface area contributed by atoms with Crippen LogP contribution in [0.1, 0.15) is 29.6 Å². The van der Waals surface area contributed by atoms with E-state index in [1.807, 2.05) is 18.2 Å². The third-order valence-corrected chi connectivity index (χ3v) is 4.18. The molecule has 1 saturated heterocycles. The van der Waals surface area contributed by atoms with E-state index in [9.17, 15) is 9.59 Å². The van der Waals surface area contributed by atoms with Crippen molar-refractivity contribution in [1.82, 2.24) is 20.8 Å². The highest BCUT2D eigenvalue weighted by atomic mass is 16.2. The molecule has 2 aromatic rings. The van der Waals surface area contributed by atoms with E-state index in [2.05, 4.69) is 26.1 Å². The number of aromatic nitrogens is 2. The summed E-state index contributed by atoms with van der Waals surface area (Å²) in [6.07, 6.45) is 2.51. The van der Waals surface area contributed by atoms with Crippen molar-refractivity contribution in [2.45, 2.75) is 25.3 Å². The molecule has 1 aromatic heterocycles. The molecule has 1 fully saturated rings. The van der Waals surface area contributed by atoms with Crippen LogP contribution in [0.15, 0.2) is 36.4 Å². The largest absolute Gasteiger partial charge is 0.372 e. The van der Waals surface area contributed by atoms with Crippen molar-refractivity contribution < 1.29 is 9.59 Å². The lowest BCUT2D eigenvalue weighted by atomic mass is 10.1. The van der Waals surface area contributed by atoms with Crippen LogP contribution in [0.5, 0.6) is 0 Å². The van der Waals surface area contributed by atoms with Gasteiger partial charge in [-0.25, -0.2) is 0 Å². The number of benzene rings is 1. The van der Waals surface area contributed by atoms with Gasteiger partial charge in [0.25, 0.3) is 5.91 Å². The summed E-state index contributed by atoms with van der Waals surface area (Å²) in [5.41, 5.74) is 1.98. The Morgan fingerprint density at radius 2 is 2.08 bits per heavy atom. The molecule has 0 radical (unpaired) electrons. The Hall–Kier alpha value is -2.96. The molecule has 0 saturated carbocycles. The molecule has 0 bridgehead atoms. The van der Waals surface area contributed by atoms with Gasteiger partial charge in [-0.3, -0.25) is 9.59 Å². The maximum Gasteiger partial charge on any atom is 0.251 e. The first-order valence-electron chi connectivity index (χ1n) is 8.38. The van der Waals surface area contributed by atoms with Crippen LogP contribution in [-0.2, 0) is 4.79 Å². The number of hydrogen-bond donors (Lipinski definition) is 3. The highest BCUT2D eigenvalue weighted by Crippen LogP contribution is 2.19. The molecule has 3 rings (SSSR count). The summed E-state index contributed by atoms with van der Waals surface area (Å²) in [7, 11) is 1.78. The fourth-order valence-corrected chi connectivity index (χ4v) is 2.76. The van der Waals surface area contributed by atoms with E-state index in [4.69, 9.17) is 0 Å². The van der Waals surface area contributed by atoms with Crippen molar-refractivity contribution in [3.63, 3.8) is 0 Å². The summed E-state index contributed by atoms with van der Waals surface area (Å²) in [5, 5.41) is 16.8. The zero-order chi connectivity index (χ0) is 17.6. The lowest BCUT2D eigenvalue weighted by Gasteiger charge is -2.15. The molecule has 1 aliphatic heterocycles. The van der Waals surface area contributed by atoms with E-state index >= 15 is 0 Å². The van der Waals surface area contributed by atoms with Crippen molar-refractivity contribution in [2.75, 3.05) is 18.9 Å². The average Bonchev–Trinajstić information content (AvgIpc) is 2.86. The third-order valence-electron chi connectivity index (χ3n) is 4.18. The van der Waals surface area contributed by atoms with Crippen molar-refractivity contribution in [3.8, 4) is 11.3 Å². The summed E-state index contributed by atoms with van der Waals surface area (Å²) in [5.74, 6) is 0.302. The molecule has 2 amide bonds. The second-order valence-electron chi connectivity index (χ2n) is 5.95. The van der Waals surface area contributed by atoms with Gasteiger partial charge < -0.3 is 16.0 Å². The lowest BCUT2D eigenvalue weighted by Crippen LogP contribution is -2.45. The van der Waals surface area contributed by atoms with E-state index in [1.165, 1.54) is 0 Å². The van der Waals surface area contributed by atoms with Gasteiger partial charge in [-0.1, -0.05) is 12.1 Å². The molecular weight excluding hydrogens is 318 g/mol. The van der Waals surface area contributed by atoms with Crippen LogP contribution in [0.4, 0.5) is 5.82 Å². The second-order valence-corrected chi connectivity index (χ2v) is 5.95. The molecule has 0 spiro atoms. The molecule has 7 nitrogen and oxygen atoms in total. The van der Waals surface area contributed by atoms with Gasteiger partial charge in [-0.2, -0.15) is 0 Å². The Morgan fingerprint density at radius 1 is 1.20 bits per heavy atom. The minimum absolute atomic E-state index is 0.115. The van der Waals surface area contributed by atoms with Crippen molar-refractivity contribution in [3.05, 3.63) is 42.0 Å². The number of nitrogens with one attached hydrogen (secondary N) is 3. The first-order chi connectivity index (χ1) is 12.2. The van der Waals surface area contributed by atoms with E-state index in [-0.39, 0.29) is 11.8 Å². The van der Waals surface area contributed by atoms with Crippen LogP contribution >= 0.6 is 0 Å². The Morgan fingerprint density at radius 3 is 2.84 bits per heavy atom. The number of hydrogen-bond acceptors (Lipinski definition) is 5. The molecule has 1 aliphatic rings. The van der Waals surface area contributed by atoms with Crippen LogP contribution in [0.25, 0.3) is 11.3 Å². The fraction of sp³-hybridized carbons (Fsp3) is 0.333. The highest BCUT2D eigenvalue weighted by Gasteiger charge is 2.23. The normalized spacial score (nSPS) is 17.3. The number of rotatable bonds is 4. The molecule has 130 valence electrons. The maximum absolute atomic E-state index is 12.5. The predicted molar refractivity (Wildman–Crippen MR) is 95.1 cm³/mol. The molecule has 0 aliphatic carbocycles. The van der Waals surface area contributed by atoms with Crippen LogP contribution in [0, 0.1) is 0 Å². The molecule has 1 unspecified atom stereocenters. The van der Waals surface area contributed by atoms with E-state index in [1.54, 1.807) is 25.2 Å². The Kier molecular flexibility index (Phi) is 5.23. The zero-order valence-corrected chi connectivity index (χ0v) is 14.1. The maximum atomic E-state index is 12.5. The minimum atomic E-state index is -0.478. The number of nitrogens with zero attached hydrogens (tertiary/aromatic N) is 2. The van der Waals surface area contributed by atoms with Gasteiger partial charge in [0.1, 0.15) is 11.9 Å². The van der Waals surface area contributed by atoms with Crippen molar-refractivity contribution >= 4 is 17.6 Å². The molecule has 25 heavy (non-hydrogen) atoms.